The quantitative estimate of drug-likeness (QED) is 0.865. The maximum absolute atomic E-state index is 12.5. The van der Waals surface area contributed by atoms with Crippen LogP contribution in [0.1, 0.15) is 48.5 Å². The number of likely N-dealkylation sites (tertiary alicyclic amines) is 1. The van der Waals surface area contributed by atoms with Crippen LogP contribution in [-0.4, -0.2) is 46.0 Å². The van der Waals surface area contributed by atoms with E-state index < -0.39 is 5.97 Å². The minimum absolute atomic E-state index is 0.147. The second-order valence-corrected chi connectivity index (χ2v) is 7.45. The highest BCUT2D eigenvalue weighted by atomic mass is 32.2. The Morgan fingerprint density at radius 1 is 1.30 bits per heavy atom. The molecule has 126 valence electrons. The van der Waals surface area contributed by atoms with Gasteiger partial charge >= 0.3 is 5.97 Å². The molecule has 1 aliphatic heterocycles. The minimum atomic E-state index is -0.928. The maximum atomic E-state index is 12.5. The standard InChI is InChI=1S/C18H25NO3S/c1-2-23-15-8-5-6-12-19(13-15)17(20)11-10-14-7-3-4-9-16(14)18(21)22/h3-4,7,9,15H,2,5-6,8,10-13H2,1H3,(H,21,22). The van der Waals surface area contributed by atoms with Crippen molar-refractivity contribution in [1.82, 2.24) is 4.90 Å². The predicted octanol–water partition coefficient (Wildman–Crippen LogP) is 3.45. The molecular weight excluding hydrogens is 310 g/mol. The normalized spacial score (nSPS) is 18.5. The molecule has 1 fully saturated rings. The number of carboxylic acids is 1. The molecule has 1 aliphatic rings. The molecule has 0 saturated carbocycles. The van der Waals surface area contributed by atoms with E-state index in [1.165, 1.54) is 12.8 Å². The van der Waals surface area contributed by atoms with Crippen molar-refractivity contribution in [2.24, 2.45) is 0 Å². The van der Waals surface area contributed by atoms with Gasteiger partial charge in [-0.2, -0.15) is 11.8 Å². The van der Waals surface area contributed by atoms with E-state index in [2.05, 4.69) is 6.92 Å². The summed E-state index contributed by atoms with van der Waals surface area (Å²) in [6, 6.07) is 6.94. The molecule has 4 nitrogen and oxygen atoms in total. The van der Waals surface area contributed by atoms with Gasteiger partial charge in [-0.05, 0) is 36.6 Å². The van der Waals surface area contributed by atoms with Crippen LogP contribution in [-0.2, 0) is 11.2 Å². The third-order valence-electron chi connectivity index (χ3n) is 4.24. The fraction of sp³-hybridized carbons (Fsp3) is 0.556. The second-order valence-electron chi connectivity index (χ2n) is 5.88. The van der Waals surface area contributed by atoms with Crippen molar-refractivity contribution in [3.63, 3.8) is 0 Å². The van der Waals surface area contributed by atoms with Crippen LogP contribution in [0.3, 0.4) is 0 Å². The molecule has 2 rings (SSSR count). The third kappa shape index (κ3) is 5.27. The summed E-state index contributed by atoms with van der Waals surface area (Å²) in [5.74, 6) is 0.301. The summed E-state index contributed by atoms with van der Waals surface area (Å²) < 4.78 is 0. The molecule has 1 N–H and O–H groups in total. The first kappa shape index (κ1) is 17.9. The molecule has 1 atom stereocenters. The van der Waals surface area contributed by atoms with Gasteiger partial charge in [0.15, 0.2) is 0 Å². The lowest BCUT2D eigenvalue weighted by molar-refractivity contribution is -0.131. The van der Waals surface area contributed by atoms with Crippen LogP contribution in [0, 0.1) is 0 Å². The Kier molecular flexibility index (Phi) is 6.96. The molecule has 5 heteroatoms. The fourth-order valence-corrected chi connectivity index (χ4v) is 4.14. The molecule has 0 aromatic heterocycles. The van der Waals surface area contributed by atoms with Crippen molar-refractivity contribution >= 4 is 23.6 Å². The smallest absolute Gasteiger partial charge is 0.335 e. The topological polar surface area (TPSA) is 57.6 Å². The van der Waals surface area contributed by atoms with Crippen molar-refractivity contribution in [3.05, 3.63) is 35.4 Å². The van der Waals surface area contributed by atoms with Crippen LogP contribution in [0.5, 0.6) is 0 Å². The van der Waals surface area contributed by atoms with Gasteiger partial charge in [-0.1, -0.05) is 31.5 Å². The molecule has 1 heterocycles. The van der Waals surface area contributed by atoms with Crippen LogP contribution in [0.15, 0.2) is 24.3 Å². The van der Waals surface area contributed by atoms with Crippen molar-refractivity contribution < 1.29 is 14.7 Å². The van der Waals surface area contributed by atoms with Crippen LogP contribution >= 0.6 is 11.8 Å². The van der Waals surface area contributed by atoms with E-state index in [0.717, 1.165) is 30.8 Å². The van der Waals surface area contributed by atoms with E-state index in [1.54, 1.807) is 18.2 Å². The van der Waals surface area contributed by atoms with E-state index in [9.17, 15) is 14.7 Å². The van der Waals surface area contributed by atoms with E-state index in [0.29, 0.717) is 23.7 Å². The lowest BCUT2D eigenvalue weighted by Gasteiger charge is -2.24. The molecular formula is C18H25NO3S. The molecule has 0 aliphatic carbocycles. The fourth-order valence-electron chi connectivity index (χ4n) is 3.05. The maximum Gasteiger partial charge on any atom is 0.335 e. The van der Waals surface area contributed by atoms with Gasteiger partial charge in [0.05, 0.1) is 5.56 Å². The zero-order valence-electron chi connectivity index (χ0n) is 13.7. The van der Waals surface area contributed by atoms with Crippen LogP contribution < -0.4 is 0 Å². The Bertz CT molecular complexity index is 547. The number of benzene rings is 1. The number of hydrogen-bond donors (Lipinski definition) is 1. The second kappa shape index (κ2) is 8.96. The number of amides is 1. The molecule has 1 amide bonds. The highest BCUT2D eigenvalue weighted by Gasteiger charge is 2.22. The molecule has 1 aromatic carbocycles. The predicted molar refractivity (Wildman–Crippen MR) is 94.1 cm³/mol. The molecule has 1 unspecified atom stereocenters. The number of nitrogens with zero attached hydrogens (tertiary/aromatic N) is 1. The Balaban J connectivity index is 1.95. The first-order valence-electron chi connectivity index (χ1n) is 8.32. The molecule has 1 saturated heterocycles. The number of thioether (sulfide) groups is 1. The highest BCUT2D eigenvalue weighted by Crippen LogP contribution is 2.22. The van der Waals surface area contributed by atoms with Crippen molar-refractivity contribution in [2.45, 2.75) is 44.3 Å². The first-order chi connectivity index (χ1) is 11.1. The summed E-state index contributed by atoms with van der Waals surface area (Å²) in [6.45, 7) is 3.82. The van der Waals surface area contributed by atoms with Crippen LogP contribution in [0.2, 0.25) is 0 Å². The minimum Gasteiger partial charge on any atom is -0.478 e. The summed E-state index contributed by atoms with van der Waals surface area (Å²) in [7, 11) is 0. The zero-order chi connectivity index (χ0) is 16.7. The summed E-state index contributed by atoms with van der Waals surface area (Å²) in [5.41, 5.74) is 1.04. The van der Waals surface area contributed by atoms with Gasteiger partial charge < -0.3 is 10.0 Å². The molecule has 0 spiro atoms. The largest absolute Gasteiger partial charge is 0.478 e. The number of aromatic carboxylic acids is 1. The Morgan fingerprint density at radius 2 is 2.09 bits per heavy atom. The monoisotopic (exact) mass is 335 g/mol. The molecule has 1 aromatic rings. The third-order valence-corrected chi connectivity index (χ3v) is 5.43. The molecule has 0 radical (unpaired) electrons. The lowest BCUT2D eigenvalue weighted by Crippen LogP contribution is -2.35. The number of aryl methyl sites for hydroxylation is 1. The Hall–Kier alpha value is -1.49. The van der Waals surface area contributed by atoms with E-state index in [1.807, 2.05) is 22.7 Å². The van der Waals surface area contributed by atoms with Crippen molar-refractivity contribution in [1.29, 1.82) is 0 Å². The highest BCUT2D eigenvalue weighted by molar-refractivity contribution is 7.99. The first-order valence-corrected chi connectivity index (χ1v) is 9.37. The van der Waals surface area contributed by atoms with Crippen molar-refractivity contribution in [2.75, 3.05) is 18.8 Å². The van der Waals surface area contributed by atoms with E-state index in [4.69, 9.17) is 0 Å². The summed E-state index contributed by atoms with van der Waals surface area (Å²) in [5, 5.41) is 9.75. The van der Waals surface area contributed by atoms with Gasteiger partial charge in [0.25, 0.3) is 0 Å². The lowest BCUT2D eigenvalue weighted by atomic mass is 10.0. The Morgan fingerprint density at radius 3 is 2.83 bits per heavy atom. The van der Waals surface area contributed by atoms with Gasteiger partial charge in [0, 0.05) is 24.8 Å². The molecule has 23 heavy (non-hydrogen) atoms. The Labute approximate surface area is 142 Å². The average molecular weight is 335 g/mol. The number of rotatable bonds is 6. The van der Waals surface area contributed by atoms with Gasteiger partial charge in [-0.25, -0.2) is 4.79 Å². The number of carbonyl (C=O) groups excluding carboxylic acids is 1. The number of carbonyl (C=O) groups is 2. The van der Waals surface area contributed by atoms with Gasteiger partial charge in [-0.15, -0.1) is 0 Å². The van der Waals surface area contributed by atoms with E-state index in [-0.39, 0.29) is 5.91 Å². The number of hydrogen-bond acceptors (Lipinski definition) is 3. The van der Waals surface area contributed by atoms with E-state index >= 15 is 0 Å². The SMILES string of the molecule is CCSC1CCCCN(C(=O)CCc2ccccc2C(=O)O)C1. The van der Waals surface area contributed by atoms with Crippen LogP contribution in [0.4, 0.5) is 0 Å². The number of carboxylic acid groups (broad SMARTS) is 1. The molecule has 0 bridgehead atoms. The summed E-state index contributed by atoms with van der Waals surface area (Å²) in [4.78, 5) is 25.7. The zero-order valence-corrected chi connectivity index (χ0v) is 14.5. The van der Waals surface area contributed by atoms with Gasteiger partial charge in [-0.3, -0.25) is 4.79 Å². The summed E-state index contributed by atoms with van der Waals surface area (Å²) in [6.07, 6.45) is 4.31. The summed E-state index contributed by atoms with van der Waals surface area (Å²) >= 11 is 1.94. The van der Waals surface area contributed by atoms with Gasteiger partial charge in [0.2, 0.25) is 5.91 Å². The van der Waals surface area contributed by atoms with Crippen LogP contribution in [0.25, 0.3) is 0 Å². The van der Waals surface area contributed by atoms with Crippen molar-refractivity contribution in [3.8, 4) is 0 Å². The van der Waals surface area contributed by atoms with Gasteiger partial charge in [0.1, 0.15) is 0 Å². The average Bonchev–Trinajstić information content (AvgIpc) is 2.79.